The summed E-state index contributed by atoms with van der Waals surface area (Å²) in [6.07, 6.45) is 28.6. The van der Waals surface area contributed by atoms with Crippen LogP contribution in [0.4, 0.5) is 0 Å². The van der Waals surface area contributed by atoms with Crippen molar-refractivity contribution in [2.24, 2.45) is 5.92 Å². The van der Waals surface area contributed by atoms with Gasteiger partial charge in [0.25, 0.3) is 0 Å². The Morgan fingerprint density at radius 1 is 1.12 bits per heavy atom. The minimum Gasteiger partial charge on any atom is -0.391 e. The van der Waals surface area contributed by atoms with Crippen LogP contribution in [0.25, 0.3) is 0 Å². The number of rotatable bonds is 12. The molecule has 3 aliphatic rings. The lowest BCUT2D eigenvalue weighted by atomic mass is 9.86. The van der Waals surface area contributed by atoms with Gasteiger partial charge >= 0.3 is 5.97 Å². The second kappa shape index (κ2) is 13.9. The highest BCUT2D eigenvalue weighted by Crippen LogP contribution is 2.34. The smallest absolute Gasteiger partial charge is 0.356 e. The molecule has 0 heterocycles. The van der Waals surface area contributed by atoms with E-state index in [-0.39, 0.29) is 17.9 Å². The number of carbonyl (C=O) groups is 1. The van der Waals surface area contributed by atoms with Crippen molar-refractivity contribution < 1.29 is 14.7 Å². The first-order chi connectivity index (χ1) is 15.7. The number of nitrogens with one attached hydrogen (secondary N) is 1. The van der Waals surface area contributed by atoms with Gasteiger partial charge in [0.05, 0.1) is 17.7 Å². The molecule has 0 aliphatic heterocycles. The summed E-state index contributed by atoms with van der Waals surface area (Å²) >= 11 is 2.01. The predicted octanol–water partition coefficient (Wildman–Crippen LogP) is 5.96. The zero-order chi connectivity index (χ0) is 22.6. The third-order valence-electron chi connectivity index (χ3n) is 6.40. The van der Waals surface area contributed by atoms with E-state index in [1.165, 1.54) is 12.8 Å². The van der Waals surface area contributed by atoms with E-state index in [4.69, 9.17) is 4.84 Å². The number of hydroxylamine groups is 1. The number of aliphatic hydroxyl groups excluding tert-OH is 1. The van der Waals surface area contributed by atoms with Crippen LogP contribution in [0.2, 0.25) is 0 Å². The molecule has 3 rings (SSSR count). The number of hydrogen-bond acceptors (Lipinski definition) is 5. The third-order valence-corrected chi connectivity index (χ3v) is 7.84. The molecule has 0 aromatic rings. The Balaban J connectivity index is 1.53. The number of carbonyl (C=O) groups excluding carboxylic acids is 1. The normalized spacial score (nSPS) is 26.6. The Morgan fingerprint density at radius 3 is 2.72 bits per heavy atom. The van der Waals surface area contributed by atoms with Gasteiger partial charge in [-0.25, -0.2) is 4.79 Å². The summed E-state index contributed by atoms with van der Waals surface area (Å²) in [5.41, 5.74) is 3.53. The van der Waals surface area contributed by atoms with Gasteiger partial charge in [-0.1, -0.05) is 87.3 Å². The molecule has 2 N–H and O–H groups in total. The van der Waals surface area contributed by atoms with E-state index >= 15 is 0 Å². The van der Waals surface area contributed by atoms with Gasteiger partial charge in [-0.15, -0.1) is 17.2 Å². The summed E-state index contributed by atoms with van der Waals surface area (Å²) in [4.78, 5) is 17.8. The summed E-state index contributed by atoms with van der Waals surface area (Å²) in [7, 11) is 0. The number of thioether (sulfide) groups is 1. The maximum atomic E-state index is 12.4. The summed E-state index contributed by atoms with van der Waals surface area (Å²) in [5.74, 6) is -0.276. The lowest BCUT2D eigenvalue weighted by molar-refractivity contribution is -0.150. The molecule has 0 aromatic heterocycles. The van der Waals surface area contributed by atoms with Gasteiger partial charge in [0.2, 0.25) is 0 Å². The first-order valence-electron chi connectivity index (χ1n) is 12.4. The molecule has 0 saturated carbocycles. The van der Waals surface area contributed by atoms with Crippen molar-refractivity contribution in [2.45, 2.75) is 93.8 Å². The summed E-state index contributed by atoms with van der Waals surface area (Å²) in [5, 5.41) is 12.2. The first-order valence-corrected chi connectivity index (χ1v) is 13.3. The SMILES string of the molecule is CCCCCCC(NOC(=O)C1=CCCC=C1)C(O)C1C=CC(SC2C=CC=CC2)CC1. The van der Waals surface area contributed by atoms with E-state index in [1.54, 1.807) is 0 Å². The third kappa shape index (κ3) is 8.09. The van der Waals surface area contributed by atoms with Crippen LogP contribution in [0.5, 0.6) is 0 Å². The lowest BCUT2D eigenvalue weighted by Gasteiger charge is -2.32. The van der Waals surface area contributed by atoms with Crippen LogP contribution in [0, 0.1) is 5.92 Å². The van der Waals surface area contributed by atoms with Gasteiger partial charge in [-0.2, -0.15) is 0 Å². The van der Waals surface area contributed by atoms with Crippen molar-refractivity contribution in [1.82, 2.24) is 5.48 Å². The van der Waals surface area contributed by atoms with E-state index in [9.17, 15) is 9.90 Å². The topological polar surface area (TPSA) is 58.6 Å². The fourth-order valence-corrected chi connectivity index (χ4v) is 5.75. The summed E-state index contributed by atoms with van der Waals surface area (Å²) in [6.45, 7) is 2.19. The van der Waals surface area contributed by atoms with Crippen LogP contribution < -0.4 is 5.48 Å². The van der Waals surface area contributed by atoms with Gasteiger partial charge < -0.3 is 9.94 Å². The molecular formula is C27H39NO3S. The van der Waals surface area contributed by atoms with Gasteiger partial charge in [-0.3, -0.25) is 0 Å². The second-order valence-corrected chi connectivity index (χ2v) is 10.5. The van der Waals surface area contributed by atoms with Gasteiger partial charge in [-0.05, 0) is 38.5 Å². The van der Waals surface area contributed by atoms with Gasteiger partial charge in [0.1, 0.15) is 0 Å². The average Bonchev–Trinajstić information content (AvgIpc) is 2.84. The van der Waals surface area contributed by atoms with Crippen molar-refractivity contribution >= 4 is 17.7 Å². The predicted molar refractivity (Wildman–Crippen MR) is 134 cm³/mol. The molecule has 0 spiro atoms. The molecule has 4 nitrogen and oxygen atoms in total. The van der Waals surface area contributed by atoms with E-state index in [1.807, 2.05) is 30.0 Å². The van der Waals surface area contributed by atoms with E-state index < -0.39 is 6.10 Å². The maximum absolute atomic E-state index is 12.4. The van der Waals surface area contributed by atoms with Crippen LogP contribution >= 0.6 is 11.8 Å². The van der Waals surface area contributed by atoms with Crippen LogP contribution in [0.15, 0.2) is 60.3 Å². The Kier molecular flexibility index (Phi) is 10.9. The fourth-order valence-electron chi connectivity index (χ4n) is 4.44. The van der Waals surface area contributed by atoms with E-state index in [2.05, 4.69) is 48.9 Å². The van der Waals surface area contributed by atoms with Crippen molar-refractivity contribution in [2.75, 3.05) is 0 Å². The Hall–Kier alpha value is -1.56. The van der Waals surface area contributed by atoms with E-state index in [0.717, 1.165) is 51.4 Å². The highest BCUT2D eigenvalue weighted by Gasteiger charge is 2.30. The zero-order valence-corrected chi connectivity index (χ0v) is 20.1. The molecule has 0 amide bonds. The number of aliphatic hydroxyl groups is 1. The van der Waals surface area contributed by atoms with Crippen LogP contribution in [0.1, 0.15) is 71.1 Å². The average molecular weight is 458 g/mol. The molecule has 0 fully saturated rings. The monoisotopic (exact) mass is 457 g/mol. The molecule has 5 heteroatoms. The Morgan fingerprint density at radius 2 is 2.03 bits per heavy atom. The van der Waals surface area contributed by atoms with Crippen molar-refractivity contribution in [3.63, 3.8) is 0 Å². The first kappa shape index (κ1) is 25.1. The summed E-state index contributed by atoms with van der Waals surface area (Å²) < 4.78 is 0. The van der Waals surface area contributed by atoms with Crippen LogP contribution in [-0.4, -0.2) is 33.7 Å². The quantitative estimate of drug-likeness (QED) is 0.215. The molecule has 5 atom stereocenters. The molecule has 32 heavy (non-hydrogen) atoms. The van der Waals surface area contributed by atoms with Crippen LogP contribution in [0.3, 0.4) is 0 Å². The minimum absolute atomic E-state index is 0.0878. The van der Waals surface area contributed by atoms with Gasteiger partial charge in [0.15, 0.2) is 0 Å². The van der Waals surface area contributed by atoms with E-state index in [0.29, 0.717) is 16.1 Å². The number of hydrogen-bond donors (Lipinski definition) is 2. The molecule has 0 aromatic carbocycles. The highest BCUT2D eigenvalue weighted by molar-refractivity contribution is 8.00. The van der Waals surface area contributed by atoms with Gasteiger partial charge in [0, 0.05) is 16.4 Å². The molecule has 5 unspecified atom stereocenters. The standard InChI is InChI=1S/C27H39NO3S/c1-2-3-4-11-16-25(28-31-27(30)22-12-7-5-8-13-22)26(29)21-17-19-24(20-18-21)32-23-14-9-6-10-15-23/h6-7,9-10,12-14,17,19,21,23-26,28-29H,2-5,8,11,15-16,18,20H2,1H3. The second-order valence-electron chi connectivity index (χ2n) is 8.98. The molecule has 0 radical (unpaired) electrons. The summed E-state index contributed by atoms with van der Waals surface area (Å²) in [6, 6.07) is -0.255. The molecule has 0 bridgehead atoms. The maximum Gasteiger partial charge on any atom is 0.356 e. The van der Waals surface area contributed by atoms with Crippen molar-refractivity contribution in [3.8, 4) is 0 Å². The molecule has 0 saturated heterocycles. The molecule has 176 valence electrons. The molecular weight excluding hydrogens is 418 g/mol. The Bertz CT molecular complexity index is 739. The van der Waals surface area contributed by atoms with Crippen LogP contribution in [-0.2, 0) is 9.63 Å². The highest BCUT2D eigenvalue weighted by atomic mass is 32.2. The number of unbranched alkanes of at least 4 members (excludes halogenated alkanes) is 3. The number of allylic oxidation sites excluding steroid dienone is 5. The fraction of sp³-hybridized carbons (Fsp3) is 0.593. The zero-order valence-electron chi connectivity index (χ0n) is 19.3. The molecule has 3 aliphatic carbocycles. The minimum atomic E-state index is -0.569. The Labute approximate surface area is 197 Å². The van der Waals surface area contributed by atoms with Crippen molar-refractivity contribution in [1.29, 1.82) is 0 Å². The lowest BCUT2D eigenvalue weighted by Crippen LogP contribution is -2.45. The van der Waals surface area contributed by atoms with Crippen molar-refractivity contribution in [3.05, 3.63) is 60.3 Å². The largest absolute Gasteiger partial charge is 0.391 e.